The van der Waals surface area contributed by atoms with E-state index in [9.17, 15) is 9.90 Å². The number of aliphatic hydroxyl groups is 1. The van der Waals surface area contributed by atoms with Gasteiger partial charge < -0.3 is 10.0 Å². The number of carbonyl (C=O) groups is 1. The van der Waals surface area contributed by atoms with E-state index >= 15 is 0 Å². The topological polar surface area (TPSA) is 40.5 Å². The molecule has 1 fully saturated rings. The molecule has 1 aliphatic heterocycles. The van der Waals surface area contributed by atoms with E-state index < -0.39 is 0 Å². The third-order valence-corrected chi connectivity index (χ3v) is 2.37. The van der Waals surface area contributed by atoms with Gasteiger partial charge in [0.1, 0.15) is 0 Å². The third-order valence-electron chi connectivity index (χ3n) is 2.37. The summed E-state index contributed by atoms with van der Waals surface area (Å²) in [4.78, 5) is 12.0. The number of carbonyl (C=O) groups excluding carboxylic acids is 1. The summed E-state index contributed by atoms with van der Waals surface area (Å²) in [6.07, 6.45) is 2.38. The van der Waals surface area contributed by atoms with Crippen molar-refractivity contribution >= 4 is 6.41 Å². The van der Waals surface area contributed by atoms with Gasteiger partial charge in [0.05, 0.1) is 6.10 Å². The van der Waals surface area contributed by atoms with Crippen molar-refractivity contribution in [2.45, 2.75) is 25.9 Å². The monoisotopic (exact) mass is 157 g/mol. The highest BCUT2D eigenvalue weighted by Gasteiger charge is 2.26. The van der Waals surface area contributed by atoms with Crippen LogP contribution in [0.15, 0.2) is 0 Å². The maximum absolute atomic E-state index is 10.3. The summed E-state index contributed by atoms with van der Waals surface area (Å²) < 4.78 is 0. The normalized spacial score (nSPS) is 27.1. The van der Waals surface area contributed by atoms with E-state index in [-0.39, 0.29) is 6.10 Å². The number of nitrogens with zero attached hydrogens (tertiary/aromatic N) is 1. The van der Waals surface area contributed by atoms with Crippen LogP contribution in [0.3, 0.4) is 0 Å². The Labute approximate surface area is 67.0 Å². The highest BCUT2D eigenvalue weighted by molar-refractivity contribution is 5.47. The van der Waals surface area contributed by atoms with Gasteiger partial charge in [-0.3, -0.25) is 4.79 Å². The molecular weight excluding hydrogens is 142 g/mol. The van der Waals surface area contributed by atoms with Crippen LogP contribution in [-0.4, -0.2) is 35.6 Å². The van der Waals surface area contributed by atoms with E-state index in [2.05, 4.69) is 0 Å². The van der Waals surface area contributed by atoms with Gasteiger partial charge in [0.25, 0.3) is 0 Å². The molecule has 64 valence electrons. The zero-order valence-corrected chi connectivity index (χ0v) is 6.86. The van der Waals surface area contributed by atoms with Gasteiger partial charge in [-0.2, -0.15) is 0 Å². The summed E-state index contributed by atoms with van der Waals surface area (Å²) in [6, 6.07) is 0. The van der Waals surface area contributed by atoms with Crippen molar-refractivity contribution in [2.75, 3.05) is 13.1 Å². The molecule has 0 aromatic rings. The van der Waals surface area contributed by atoms with Crippen molar-refractivity contribution in [3.05, 3.63) is 0 Å². The lowest BCUT2D eigenvalue weighted by molar-refractivity contribution is -0.117. The largest absolute Gasteiger partial charge is 0.393 e. The molecule has 1 N–H and O–H groups in total. The minimum Gasteiger partial charge on any atom is -0.393 e. The quantitative estimate of drug-likeness (QED) is 0.596. The predicted octanol–water partition coefficient (Wildman–Crippen LogP) is 0.236. The van der Waals surface area contributed by atoms with Crippen LogP contribution < -0.4 is 0 Å². The molecule has 0 spiro atoms. The Balaban J connectivity index is 2.34. The molecule has 0 aromatic carbocycles. The first kappa shape index (κ1) is 8.53. The predicted molar refractivity (Wildman–Crippen MR) is 42.0 cm³/mol. The minimum absolute atomic E-state index is 0.222. The second-order valence-corrected chi connectivity index (χ2v) is 3.12. The lowest BCUT2D eigenvalue weighted by Crippen LogP contribution is -2.24. The lowest BCUT2D eigenvalue weighted by atomic mass is 10.00. The number of hydrogen-bond acceptors (Lipinski definition) is 2. The van der Waals surface area contributed by atoms with Gasteiger partial charge in [-0.15, -0.1) is 0 Å². The first-order valence-corrected chi connectivity index (χ1v) is 4.15. The van der Waals surface area contributed by atoms with Crippen LogP contribution >= 0.6 is 0 Å². The number of likely N-dealkylation sites (tertiary alicyclic amines) is 1. The maximum atomic E-state index is 10.3. The molecule has 2 atom stereocenters. The Morgan fingerprint density at radius 2 is 2.55 bits per heavy atom. The van der Waals surface area contributed by atoms with Gasteiger partial charge >= 0.3 is 0 Å². The zero-order chi connectivity index (χ0) is 8.27. The van der Waals surface area contributed by atoms with Gasteiger partial charge in [0, 0.05) is 19.0 Å². The van der Waals surface area contributed by atoms with E-state index in [1.165, 1.54) is 0 Å². The van der Waals surface area contributed by atoms with E-state index in [1.54, 1.807) is 4.90 Å². The Morgan fingerprint density at radius 3 is 3.00 bits per heavy atom. The Hall–Kier alpha value is -0.570. The van der Waals surface area contributed by atoms with Crippen LogP contribution in [0.4, 0.5) is 0 Å². The second-order valence-electron chi connectivity index (χ2n) is 3.12. The molecule has 3 nitrogen and oxygen atoms in total. The van der Waals surface area contributed by atoms with Crippen LogP contribution in [0.25, 0.3) is 0 Å². The average molecular weight is 157 g/mol. The summed E-state index contributed by atoms with van der Waals surface area (Å²) >= 11 is 0. The maximum Gasteiger partial charge on any atom is 0.209 e. The molecule has 11 heavy (non-hydrogen) atoms. The van der Waals surface area contributed by atoms with E-state index in [0.29, 0.717) is 5.92 Å². The first-order valence-electron chi connectivity index (χ1n) is 4.15. The molecule has 2 unspecified atom stereocenters. The number of aliphatic hydroxyl groups excluding tert-OH is 1. The Kier molecular flexibility index (Phi) is 2.88. The number of hydrogen-bond donors (Lipinski definition) is 1. The summed E-state index contributed by atoms with van der Waals surface area (Å²) in [5.74, 6) is 0.310. The van der Waals surface area contributed by atoms with Crippen LogP contribution in [0, 0.1) is 5.92 Å². The smallest absolute Gasteiger partial charge is 0.209 e. The molecule has 1 heterocycles. The average Bonchev–Trinajstić information content (AvgIpc) is 2.50. The first-order chi connectivity index (χ1) is 5.27. The standard InChI is InChI=1S/C8H15NO2/c1-2-8(11)7-3-4-9(5-7)6-10/h6-8,11H,2-5H2,1H3. The molecule has 1 saturated heterocycles. The lowest BCUT2D eigenvalue weighted by Gasteiger charge is -2.15. The van der Waals surface area contributed by atoms with Gasteiger partial charge in [-0.1, -0.05) is 6.92 Å². The molecule has 0 radical (unpaired) electrons. The van der Waals surface area contributed by atoms with E-state index in [4.69, 9.17) is 0 Å². The second kappa shape index (κ2) is 3.72. The van der Waals surface area contributed by atoms with Gasteiger partial charge in [-0.05, 0) is 12.8 Å². The van der Waals surface area contributed by atoms with Crippen molar-refractivity contribution in [3.8, 4) is 0 Å². The molecule has 1 amide bonds. The molecule has 1 rings (SSSR count). The number of rotatable bonds is 3. The molecule has 0 aromatic heterocycles. The van der Waals surface area contributed by atoms with Gasteiger partial charge in [-0.25, -0.2) is 0 Å². The SMILES string of the molecule is CCC(O)C1CCN(C=O)C1. The summed E-state index contributed by atoms with van der Waals surface area (Å²) in [7, 11) is 0. The molecule has 3 heteroatoms. The highest BCUT2D eigenvalue weighted by Crippen LogP contribution is 2.19. The molecule has 0 saturated carbocycles. The fraction of sp³-hybridized carbons (Fsp3) is 0.875. The minimum atomic E-state index is -0.222. The molecule has 1 aliphatic rings. The number of amides is 1. The third kappa shape index (κ3) is 1.93. The van der Waals surface area contributed by atoms with Crippen molar-refractivity contribution < 1.29 is 9.90 Å². The highest BCUT2D eigenvalue weighted by atomic mass is 16.3. The van der Waals surface area contributed by atoms with Crippen LogP contribution in [0.2, 0.25) is 0 Å². The van der Waals surface area contributed by atoms with Crippen LogP contribution in [-0.2, 0) is 4.79 Å². The fourth-order valence-electron chi connectivity index (χ4n) is 1.56. The zero-order valence-electron chi connectivity index (χ0n) is 6.86. The van der Waals surface area contributed by atoms with Gasteiger partial charge in [0.2, 0.25) is 6.41 Å². The van der Waals surface area contributed by atoms with Gasteiger partial charge in [0.15, 0.2) is 0 Å². The molecular formula is C8H15NO2. The van der Waals surface area contributed by atoms with E-state index in [1.807, 2.05) is 6.92 Å². The van der Waals surface area contributed by atoms with Crippen molar-refractivity contribution in [1.29, 1.82) is 0 Å². The Morgan fingerprint density at radius 1 is 1.82 bits per heavy atom. The fourth-order valence-corrected chi connectivity index (χ4v) is 1.56. The van der Waals surface area contributed by atoms with Crippen LogP contribution in [0.5, 0.6) is 0 Å². The van der Waals surface area contributed by atoms with Crippen LogP contribution in [0.1, 0.15) is 19.8 Å². The molecule has 0 bridgehead atoms. The summed E-state index contributed by atoms with van der Waals surface area (Å²) in [6.45, 7) is 3.51. The Bertz CT molecular complexity index is 138. The molecule has 0 aliphatic carbocycles. The van der Waals surface area contributed by atoms with Crippen molar-refractivity contribution in [2.24, 2.45) is 5.92 Å². The summed E-state index contributed by atoms with van der Waals surface area (Å²) in [5.41, 5.74) is 0. The van der Waals surface area contributed by atoms with Crippen molar-refractivity contribution in [3.63, 3.8) is 0 Å². The van der Waals surface area contributed by atoms with Crippen molar-refractivity contribution in [1.82, 2.24) is 4.90 Å². The summed E-state index contributed by atoms with van der Waals surface area (Å²) in [5, 5.41) is 9.43. The van der Waals surface area contributed by atoms with E-state index in [0.717, 1.165) is 32.3 Å².